The molecule has 0 aliphatic heterocycles. The number of hydrogen-bond acceptors (Lipinski definition) is 4. The third-order valence-electron chi connectivity index (χ3n) is 6.88. The van der Waals surface area contributed by atoms with Crippen LogP contribution >= 0.6 is 11.6 Å². The summed E-state index contributed by atoms with van der Waals surface area (Å²) < 4.78 is 53.3. The second kappa shape index (κ2) is 15.1. The zero-order valence-electron chi connectivity index (χ0n) is 23.9. The number of rotatable bonds is 14. The van der Waals surface area contributed by atoms with Crippen molar-refractivity contribution < 1.29 is 26.8 Å². The minimum Gasteiger partial charge on any atom is -0.352 e. The molecule has 3 aromatic rings. The summed E-state index contributed by atoms with van der Waals surface area (Å²) in [7, 11) is -3.86. The summed E-state index contributed by atoms with van der Waals surface area (Å²) in [5.41, 5.74) is 1.59. The fourth-order valence-electron chi connectivity index (χ4n) is 4.43. The van der Waals surface area contributed by atoms with Gasteiger partial charge in [-0.1, -0.05) is 61.0 Å². The van der Waals surface area contributed by atoms with Crippen LogP contribution in [0, 0.1) is 11.6 Å². The lowest BCUT2D eigenvalue weighted by molar-refractivity contribution is -0.141. The summed E-state index contributed by atoms with van der Waals surface area (Å²) in [5, 5.41) is 3.53. The number of benzene rings is 3. The van der Waals surface area contributed by atoms with Crippen molar-refractivity contribution in [2.24, 2.45) is 0 Å². The number of anilines is 1. The van der Waals surface area contributed by atoms with Gasteiger partial charge in [0.05, 0.1) is 11.9 Å². The molecule has 0 aliphatic rings. The Morgan fingerprint density at radius 1 is 0.952 bits per heavy atom. The van der Waals surface area contributed by atoms with Gasteiger partial charge in [0.25, 0.3) is 0 Å². The molecule has 0 spiro atoms. The molecule has 2 atom stereocenters. The minimum absolute atomic E-state index is 0.0447. The van der Waals surface area contributed by atoms with Gasteiger partial charge in [0.1, 0.15) is 6.04 Å². The van der Waals surface area contributed by atoms with Crippen molar-refractivity contribution in [1.29, 1.82) is 0 Å². The molecule has 0 unspecified atom stereocenters. The molecule has 0 aliphatic carbocycles. The fraction of sp³-hybridized carbons (Fsp3) is 0.355. The van der Waals surface area contributed by atoms with E-state index in [0.29, 0.717) is 11.4 Å². The Balaban J connectivity index is 1.89. The molecule has 42 heavy (non-hydrogen) atoms. The summed E-state index contributed by atoms with van der Waals surface area (Å²) in [6, 6.07) is 18.2. The molecule has 0 aromatic heterocycles. The van der Waals surface area contributed by atoms with Crippen LogP contribution < -0.4 is 9.62 Å². The van der Waals surface area contributed by atoms with Crippen molar-refractivity contribution in [2.45, 2.75) is 58.2 Å². The molecule has 7 nitrogen and oxygen atoms in total. The molecule has 1 N–H and O–H groups in total. The highest BCUT2D eigenvalue weighted by atomic mass is 35.5. The Bertz CT molecular complexity index is 1460. The van der Waals surface area contributed by atoms with Gasteiger partial charge in [-0.3, -0.25) is 13.9 Å². The van der Waals surface area contributed by atoms with E-state index in [-0.39, 0.29) is 55.9 Å². The quantitative estimate of drug-likeness (QED) is 0.250. The van der Waals surface area contributed by atoms with Crippen molar-refractivity contribution in [3.8, 4) is 0 Å². The molecule has 0 bridgehead atoms. The summed E-state index contributed by atoms with van der Waals surface area (Å²) in [6.07, 6.45) is 1.92. The molecule has 0 saturated heterocycles. The van der Waals surface area contributed by atoms with Gasteiger partial charge < -0.3 is 10.2 Å². The predicted octanol–water partition coefficient (Wildman–Crippen LogP) is 5.72. The lowest BCUT2D eigenvalue weighted by Crippen LogP contribution is -2.52. The minimum atomic E-state index is -3.86. The lowest BCUT2D eigenvalue weighted by atomic mass is 10.0. The lowest BCUT2D eigenvalue weighted by Gasteiger charge is -2.32. The van der Waals surface area contributed by atoms with Crippen LogP contribution in [0.4, 0.5) is 14.5 Å². The van der Waals surface area contributed by atoms with Crippen LogP contribution in [0.1, 0.15) is 44.2 Å². The molecule has 11 heteroatoms. The van der Waals surface area contributed by atoms with E-state index in [9.17, 15) is 26.8 Å². The van der Waals surface area contributed by atoms with E-state index in [1.54, 1.807) is 24.3 Å². The van der Waals surface area contributed by atoms with Crippen molar-refractivity contribution >= 4 is 39.1 Å². The van der Waals surface area contributed by atoms with E-state index >= 15 is 0 Å². The zero-order chi connectivity index (χ0) is 30.9. The number of hydrogen-bond donors (Lipinski definition) is 1. The molecule has 3 rings (SSSR count). The Morgan fingerprint density at radius 2 is 1.62 bits per heavy atom. The SMILES string of the molecule is CC[C@H](C)NC(=O)[C@@H](Cc1ccccc1)N(Cc1ccc(Cl)cc1)C(=O)CCCN(c1ccc(F)c(F)c1)S(C)(=O)=O. The molecule has 3 aromatic carbocycles. The third kappa shape index (κ3) is 9.52. The van der Waals surface area contributed by atoms with Crippen LogP contribution in [0.3, 0.4) is 0 Å². The zero-order valence-corrected chi connectivity index (χ0v) is 25.5. The molecule has 0 saturated carbocycles. The van der Waals surface area contributed by atoms with E-state index in [0.717, 1.165) is 33.8 Å². The summed E-state index contributed by atoms with van der Waals surface area (Å²) >= 11 is 6.07. The molecule has 0 heterocycles. The van der Waals surface area contributed by atoms with Crippen LogP contribution in [0.5, 0.6) is 0 Å². The fourth-order valence-corrected chi connectivity index (χ4v) is 5.51. The van der Waals surface area contributed by atoms with Gasteiger partial charge in [0.2, 0.25) is 21.8 Å². The largest absolute Gasteiger partial charge is 0.352 e. The first-order chi connectivity index (χ1) is 19.9. The summed E-state index contributed by atoms with van der Waals surface area (Å²) in [4.78, 5) is 28.9. The third-order valence-corrected chi connectivity index (χ3v) is 8.33. The Kier molecular flexibility index (Phi) is 11.9. The number of amides is 2. The standard InChI is InChI=1S/C31H36ClF2N3O4S/c1-4-22(2)35-31(39)29(19-23-9-6-5-7-10-23)36(21-24-12-14-25(32)15-13-24)30(38)11-8-18-37(42(3,40)41)26-16-17-27(33)28(34)20-26/h5-7,9-10,12-17,20,22,29H,4,8,11,18-19,21H2,1-3H3,(H,35,39)/t22-,29+/m0/s1. The molecular weight excluding hydrogens is 584 g/mol. The number of carbonyl (C=O) groups excluding carboxylic acids is 2. The predicted molar refractivity (Wildman–Crippen MR) is 162 cm³/mol. The van der Waals surface area contributed by atoms with Crippen LogP contribution in [0.25, 0.3) is 0 Å². The molecule has 0 radical (unpaired) electrons. The summed E-state index contributed by atoms with van der Waals surface area (Å²) in [5.74, 6) is -2.93. The molecule has 226 valence electrons. The topological polar surface area (TPSA) is 86.8 Å². The van der Waals surface area contributed by atoms with E-state index in [4.69, 9.17) is 11.6 Å². The van der Waals surface area contributed by atoms with Gasteiger partial charge in [0, 0.05) is 43.1 Å². The maximum Gasteiger partial charge on any atom is 0.243 e. The number of carbonyl (C=O) groups is 2. The van der Waals surface area contributed by atoms with Crippen molar-refractivity contribution in [1.82, 2.24) is 10.2 Å². The van der Waals surface area contributed by atoms with Gasteiger partial charge in [-0.15, -0.1) is 0 Å². The van der Waals surface area contributed by atoms with Gasteiger partial charge in [-0.25, -0.2) is 17.2 Å². The highest BCUT2D eigenvalue weighted by Crippen LogP contribution is 2.22. The van der Waals surface area contributed by atoms with Crippen LogP contribution in [0.15, 0.2) is 72.8 Å². The first kappa shape index (κ1) is 33.0. The van der Waals surface area contributed by atoms with E-state index in [1.807, 2.05) is 44.2 Å². The van der Waals surface area contributed by atoms with Crippen molar-refractivity contribution in [3.05, 3.63) is 101 Å². The Hall–Kier alpha value is -3.50. The number of halogens is 3. The summed E-state index contributed by atoms with van der Waals surface area (Å²) in [6.45, 7) is 3.82. The van der Waals surface area contributed by atoms with Gasteiger partial charge >= 0.3 is 0 Å². The Labute approximate surface area is 251 Å². The highest BCUT2D eigenvalue weighted by molar-refractivity contribution is 7.92. The van der Waals surface area contributed by atoms with Crippen LogP contribution in [0.2, 0.25) is 5.02 Å². The normalized spacial score (nSPS) is 12.8. The smallest absolute Gasteiger partial charge is 0.243 e. The maximum atomic E-state index is 13.9. The average Bonchev–Trinajstić information content (AvgIpc) is 2.95. The first-order valence-corrected chi connectivity index (χ1v) is 15.9. The average molecular weight is 620 g/mol. The van der Waals surface area contributed by atoms with Gasteiger partial charge in [-0.05, 0) is 55.2 Å². The van der Waals surface area contributed by atoms with Crippen molar-refractivity contribution in [3.63, 3.8) is 0 Å². The van der Waals surface area contributed by atoms with Crippen molar-refractivity contribution in [2.75, 3.05) is 17.1 Å². The Morgan fingerprint density at radius 3 is 2.21 bits per heavy atom. The number of sulfonamides is 1. The van der Waals surface area contributed by atoms with Gasteiger partial charge in [0.15, 0.2) is 11.6 Å². The van der Waals surface area contributed by atoms with Crippen LogP contribution in [-0.4, -0.2) is 50.0 Å². The molecule has 0 fully saturated rings. The highest BCUT2D eigenvalue weighted by Gasteiger charge is 2.31. The monoisotopic (exact) mass is 619 g/mol. The number of nitrogens with zero attached hydrogens (tertiary/aromatic N) is 2. The second-order valence-corrected chi connectivity index (χ2v) is 12.6. The maximum absolute atomic E-state index is 13.9. The number of nitrogens with one attached hydrogen (secondary N) is 1. The first-order valence-electron chi connectivity index (χ1n) is 13.7. The van der Waals surface area contributed by atoms with E-state index in [2.05, 4.69) is 5.32 Å². The van der Waals surface area contributed by atoms with E-state index in [1.165, 1.54) is 11.0 Å². The van der Waals surface area contributed by atoms with Gasteiger partial charge in [-0.2, -0.15) is 0 Å². The van der Waals surface area contributed by atoms with E-state index < -0.39 is 27.7 Å². The molecular formula is C31H36ClF2N3O4S. The molecule has 2 amide bonds. The second-order valence-electron chi connectivity index (χ2n) is 10.2. The van der Waals surface area contributed by atoms with Crippen LogP contribution in [-0.2, 0) is 32.6 Å².